The quantitative estimate of drug-likeness (QED) is 0.945. The second-order valence-corrected chi connectivity index (χ2v) is 6.94. The number of anilines is 1. The Morgan fingerprint density at radius 3 is 3.10 bits per heavy atom. The first-order chi connectivity index (χ1) is 9.88. The number of fused-ring (bicyclic) bond motifs is 2. The van der Waals surface area contributed by atoms with E-state index in [-0.39, 0.29) is 0 Å². The van der Waals surface area contributed by atoms with Gasteiger partial charge in [-0.3, -0.25) is 4.40 Å². The number of imidazole rings is 1. The maximum atomic E-state index is 5.82. The minimum atomic E-state index is 0.693. The van der Waals surface area contributed by atoms with Crippen molar-refractivity contribution in [1.29, 1.82) is 0 Å². The average Bonchev–Trinajstić information content (AvgIpc) is 3.14. The summed E-state index contributed by atoms with van der Waals surface area (Å²) in [5, 5.41) is 2.11. The molecule has 4 rings (SSSR count). The van der Waals surface area contributed by atoms with Crippen LogP contribution in [0.1, 0.15) is 37.8 Å². The molecule has 2 unspecified atom stereocenters. The van der Waals surface area contributed by atoms with Crippen molar-refractivity contribution in [2.24, 2.45) is 11.7 Å². The van der Waals surface area contributed by atoms with E-state index in [4.69, 9.17) is 10.7 Å². The minimum absolute atomic E-state index is 0.693. The number of nitrogens with two attached hydrogens (primary N) is 1. The topological polar surface area (TPSA) is 46.6 Å². The zero-order valence-electron chi connectivity index (χ0n) is 11.8. The molecule has 2 aliphatic rings. The molecular formula is C15H22N4S. The van der Waals surface area contributed by atoms with Crippen molar-refractivity contribution in [3.8, 4) is 0 Å². The van der Waals surface area contributed by atoms with Gasteiger partial charge in [0.1, 0.15) is 0 Å². The number of hydrogen-bond donors (Lipinski definition) is 1. The fourth-order valence-corrected chi connectivity index (χ4v) is 4.82. The average molecular weight is 290 g/mol. The molecule has 0 aromatic carbocycles. The van der Waals surface area contributed by atoms with Gasteiger partial charge >= 0.3 is 0 Å². The summed E-state index contributed by atoms with van der Waals surface area (Å²) in [6, 6.07) is 0.727. The molecule has 2 aromatic heterocycles. The van der Waals surface area contributed by atoms with Crippen LogP contribution >= 0.6 is 11.3 Å². The Kier molecular flexibility index (Phi) is 3.19. The summed E-state index contributed by atoms with van der Waals surface area (Å²) in [7, 11) is 0. The highest BCUT2D eigenvalue weighted by Crippen LogP contribution is 2.40. The Hall–Kier alpha value is -1.07. The first-order valence-corrected chi connectivity index (χ1v) is 8.67. The van der Waals surface area contributed by atoms with Crippen LogP contribution in [0.2, 0.25) is 0 Å². The minimum Gasteiger partial charge on any atom is -0.352 e. The summed E-state index contributed by atoms with van der Waals surface area (Å²) in [6.07, 6.45) is 9.96. The number of thiazole rings is 1. The number of aromatic nitrogens is 2. The Balaban J connectivity index is 1.73. The van der Waals surface area contributed by atoms with Crippen LogP contribution < -0.4 is 10.6 Å². The molecule has 2 fully saturated rings. The first-order valence-electron chi connectivity index (χ1n) is 7.79. The van der Waals surface area contributed by atoms with Crippen molar-refractivity contribution in [3.05, 3.63) is 17.3 Å². The van der Waals surface area contributed by atoms with Crippen molar-refractivity contribution in [3.63, 3.8) is 0 Å². The Bertz CT molecular complexity index is 602. The van der Waals surface area contributed by atoms with Gasteiger partial charge < -0.3 is 10.6 Å². The molecule has 0 spiro atoms. The van der Waals surface area contributed by atoms with E-state index in [1.165, 1.54) is 50.2 Å². The summed E-state index contributed by atoms with van der Waals surface area (Å²) < 4.78 is 2.24. The fraction of sp³-hybridized carbons (Fsp3) is 0.667. The first kappa shape index (κ1) is 12.7. The molecule has 5 heteroatoms. The van der Waals surface area contributed by atoms with E-state index in [1.54, 1.807) is 11.3 Å². The molecule has 0 amide bonds. The standard InChI is InChI=1S/C15H22N4S/c16-7-5-13-14(17-15-19(13)9-10-20-15)18-8-6-11-3-1-2-4-12(11)18/h9-12H,1-8,16H2. The third-order valence-corrected chi connectivity index (χ3v) is 5.76. The van der Waals surface area contributed by atoms with E-state index in [2.05, 4.69) is 20.9 Å². The van der Waals surface area contributed by atoms with Crippen LogP contribution in [0.3, 0.4) is 0 Å². The lowest BCUT2D eigenvalue weighted by Crippen LogP contribution is -2.35. The highest BCUT2D eigenvalue weighted by atomic mass is 32.1. The number of hydrogen-bond acceptors (Lipinski definition) is 4. The molecule has 1 aliphatic heterocycles. The second kappa shape index (κ2) is 5.04. The van der Waals surface area contributed by atoms with Gasteiger partial charge in [0, 0.05) is 30.6 Å². The van der Waals surface area contributed by atoms with Gasteiger partial charge in [-0.15, -0.1) is 11.3 Å². The largest absolute Gasteiger partial charge is 0.352 e. The van der Waals surface area contributed by atoms with Gasteiger partial charge in [-0.05, 0) is 31.7 Å². The predicted octanol–water partition coefficient (Wildman–Crippen LogP) is 2.67. The van der Waals surface area contributed by atoms with E-state index in [9.17, 15) is 0 Å². The van der Waals surface area contributed by atoms with Crippen LogP contribution in [-0.4, -0.2) is 28.5 Å². The van der Waals surface area contributed by atoms with Crippen LogP contribution in [0.15, 0.2) is 11.6 Å². The third-order valence-electron chi connectivity index (χ3n) is 5.00. The van der Waals surface area contributed by atoms with Crippen LogP contribution in [0, 0.1) is 5.92 Å². The van der Waals surface area contributed by atoms with Crippen molar-refractivity contribution in [1.82, 2.24) is 9.38 Å². The number of nitrogens with zero attached hydrogens (tertiary/aromatic N) is 3. The Labute approximate surface area is 123 Å². The molecule has 20 heavy (non-hydrogen) atoms. The molecule has 3 heterocycles. The third kappa shape index (κ3) is 1.87. The molecule has 0 bridgehead atoms. The van der Waals surface area contributed by atoms with E-state index in [0.29, 0.717) is 6.54 Å². The molecule has 4 nitrogen and oxygen atoms in total. The fourth-order valence-electron chi connectivity index (χ4n) is 4.09. The van der Waals surface area contributed by atoms with Gasteiger partial charge in [-0.1, -0.05) is 12.8 Å². The predicted molar refractivity (Wildman–Crippen MR) is 83.5 cm³/mol. The smallest absolute Gasteiger partial charge is 0.195 e. The van der Waals surface area contributed by atoms with E-state index >= 15 is 0 Å². The maximum absolute atomic E-state index is 5.82. The Morgan fingerprint density at radius 1 is 1.30 bits per heavy atom. The van der Waals surface area contributed by atoms with Gasteiger partial charge in [0.25, 0.3) is 0 Å². The van der Waals surface area contributed by atoms with Crippen LogP contribution in [0.25, 0.3) is 4.96 Å². The number of rotatable bonds is 3. The summed E-state index contributed by atoms with van der Waals surface area (Å²) in [5.74, 6) is 2.12. The normalized spacial score (nSPS) is 26.4. The highest BCUT2D eigenvalue weighted by molar-refractivity contribution is 7.15. The van der Waals surface area contributed by atoms with Gasteiger partial charge in [-0.25, -0.2) is 4.98 Å². The molecule has 0 radical (unpaired) electrons. The second-order valence-electron chi connectivity index (χ2n) is 6.07. The maximum Gasteiger partial charge on any atom is 0.195 e. The molecule has 2 aromatic rings. The molecule has 1 saturated heterocycles. The Morgan fingerprint density at radius 2 is 2.20 bits per heavy atom. The molecule has 1 aliphatic carbocycles. The zero-order valence-corrected chi connectivity index (χ0v) is 12.6. The molecule has 108 valence electrons. The molecule has 2 atom stereocenters. The van der Waals surface area contributed by atoms with Crippen LogP contribution in [0.4, 0.5) is 5.82 Å². The van der Waals surface area contributed by atoms with Gasteiger partial charge in [0.05, 0.1) is 5.69 Å². The van der Waals surface area contributed by atoms with Crippen molar-refractivity contribution in [2.75, 3.05) is 18.0 Å². The SMILES string of the molecule is NCCc1c(N2CCC3CCCCC32)nc2sccn12. The summed E-state index contributed by atoms with van der Waals surface area (Å²) >= 11 is 1.72. The lowest BCUT2D eigenvalue weighted by Gasteiger charge is -2.32. The molecule has 1 saturated carbocycles. The monoisotopic (exact) mass is 290 g/mol. The van der Waals surface area contributed by atoms with Gasteiger partial charge in [-0.2, -0.15) is 0 Å². The lowest BCUT2D eigenvalue weighted by atomic mass is 9.85. The summed E-state index contributed by atoms with van der Waals surface area (Å²) in [5.41, 5.74) is 7.14. The van der Waals surface area contributed by atoms with E-state index < -0.39 is 0 Å². The van der Waals surface area contributed by atoms with Crippen molar-refractivity contribution >= 4 is 22.1 Å². The summed E-state index contributed by atoms with van der Waals surface area (Å²) in [6.45, 7) is 1.87. The molecular weight excluding hydrogens is 268 g/mol. The lowest BCUT2D eigenvalue weighted by molar-refractivity contribution is 0.341. The van der Waals surface area contributed by atoms with Crippen LogP contribution in [-0.2, 0) is 6.42 Å². The van der Waals surface area contributed by atoms with Crippen molar-refractivity contribution < 1.29 is 0 Å². The van der Waals surface area contributed by atoms with E-state index in [1.807, 2.05) is 0 Å². The zero-order chi connectivity index (χ0) is 13.5. The summed E-state index contributed by atoms with van der Waals surface area (Å²) in [4.78, 5) is 8.62. The molecule has 2 N–H and O–H groups in total. The van der Waals surface area contributed by atoms with Crippen LogP contribution in [0.5, 0.6) is 0 Å². The van der Waals surface area contributed by atoms with Crippen molar-refractivity contribution in [2.45, 2.75) is 44.6 Å². The van der Waals surface area contributed by atoms with Gasteiger partial charge in [0.15, 0.2) is 10.8 Å². The van der Waals surface area contributed by atoms with Gasteiger partial charge in [0.2, 0.25) is 0 Å². The highest BCUT2D eigenvalue weighted by Gasteiger charge is 2.37. The van der Waals surface area contributed by atoms with E-state index in [0.717, 1.165) is 23.3 Å².